The molecule has 2 aliphatic rings. The SMILES string of the molecule is CC(C)(C)NCC1(CN2CCCC2)CCCCCC1. The quantitative estimate of drug-likeness (QED) is 0.778. The molecular formula is C17H34N2. The van der Waals surface area contributed by atoms with Crippen molar-refractivity contribution in [3.63, 3.8) is 0 Å². The van der Waals surface area contributed by atoms with Crippen molar-refractivity contribution in [1.29, 1.82) is 0 Å². The Hall–Kier alpha value is -0.0800. The van der Waals surface area contributed by atoms with Gasteiger partial charge in [-0.2, -0.15) is 0 Å². The summed E-state index contributed by atoms with van der Waals surface area (Å²) >= 11 is 0. The Labute approximate surface area is 120 Å². The Morgan fingerprint density at radius 3 is 2.00 bits per heavy atom. The Morgan fingerprint density at radius 1 is 0.895 bits per heavy atom. The fourth-order valence-corrected chi connectivity index (χ4v) is 3.74. The zero-order valence-corrected chi connectivity index (χ0v) is 13.4. The monoisotopic (exact) mass is 266 g/mol. The van der Waals surface area contributed by atoms with Crippen molar-refractivity contribution in [3.05, 3.63) is 0 Å². The van der Waals surface area contributed by atoms with Gasteiger partial charge in [0, 0.05) is 18.6 Å². The van der Waals surface area contributed by atoms with Crippen molar-refractivity contribution in [2.75, 3.05) is 26.2 Å². The smallest absolute Gasteiger partial charge is 0.00967 e. The molecule has 2 rings (SSSR count). The minimum absolute atomic E-state index is 0.254. The molecule has 0 aromatic carbocycles. The van der Waals surface area contributed by atoms with Crippen molar-refractivity contribution < 1.29 is 0 Å². The summed E-state index contributed by atoms with van der Waals surface area (Å²) in [5.74, 6) is 0. The molecule has 1 N–H and O–H groups in total. The minimum Gasteiger partial charge on any atom is -0.311 e. The van der Waals surface area contributed by atoms with E-state index >= 15 is 0 Å². The van der Waals surface area contributed by atoms with Crippen LogP contribution in [0, 0.1) is 5.41 Å². The van der Waals surface area contributed by atoms with E-state index in [1.807, 2.05) is 0 Å². The van der Waals surface area contributed by atoms with Crippen molar-refractivity contribution >= 4 is 0 Å². The highest BCUT2D eigenvalue weighted by atomic mass is 15.1. The molecule has 0 unspecified atom stereocenters. The van der Waals surface area contributed by atoms with Crippen LogP contribution in [0.5, 0.6) is 0 Å². The van der Waals surface area contributed by atoms with Crippen molar-refractivity contribution in [2.45, 2.75) is 77.7 Å². The molecule has 0 atom stereocenters. The fraction of sp³-hybridized carbons (Fsp3) is 1.00. The highest BCUT2D eigenvalue weighted by Gasteiger charge is 2.34. The van der Waals surface area contributed by atoms with Gasteiger partial charge in [0.25, 0.3) is 0 Å². The molecular weight excluding hydrogens is 232 g/mol. The molecule has 2 nitrogen and oxygen atoms in total. The molecule has 0 aromatic heterocycles. The standard InChI is InChI=1S/C17H34N2/c1-16(2,3)18-14-17(10-6-4-5-7-11-17)15-19-12-8-9-13-19/h18H,4-15H2,1-3H3. The number of nitrogens with zero attached hydrogens (tertiary/aromatic N) is 1. The molecule has 19 heavy (non-hydrogen) atoms. The van der Waals surface area contributed by atoms with Gasteiger partial charge in [-0.3, -0.25) is 0 Å². The van der Waals surface area contributed by atoms with E-state index in [9.17, 15) is 0 Å². The average Bonchev–Trinajstić information content (AvgIpc) is 2.72. The topological polar surface area (TPSA) is 15.3 Å². The van der Waals surface area contributed by atoms with E-state index in [1.165, 1.54) is 77.5 Å². The van der Waals surface area contributed by atoms with Crippen LogP contribution in [-0.4, -0.2) is 36.6 Å². The van der Waals surface area contributed by atoms with Gasteiger partial charge >= 0.3 is 0 Å². The van der Waals surface area contributed by atoms with Crippen LogP contribution >= 0.6 is 0 Å². The van der Waals surface area contributed by atoms with Crippen LogP contribution in [0.4, 0.5) is 0 Å². The zero-order valence-electron chi connectivity index (χ0n) is 13.4. The third-order valence-corrected chi connectivity index (χ3v) is 4.92. The van der Waals surface area contributed by atoms with Gasteiger partial charge in [-0.05, 0) is 65.0 Å². The lowest BCUT2D eigenvalue weighted by molar-refractivity contribution is 0.135. The third kappa shape index (κ3) is 5.07. The molecule has 0 aromatic rings. The predicted octanol–water partition coefficient (Wildman–Crippen LogP) is 3.81. The maximum atomic E-state index is 3.81. The first-order valence-corrected chi connectivity index (χ1v) is 8.47. The van der Waals surface area contributed by atoms with Crippen LogP contribution in [0.3, 0.4) is 0 Å². The van der Waals surface area contributed by atoms with Gasteiger partial charge in [0.05, 0.1) is 0 Å². The van der Waals surface area contributed by atoms with Crippen LogP contribution in [0.15, 0.2) is 0 Å². The van der Waals surface area contributed by atoms with Gasteiger partial charge in [-0.25, -0.2) is 0 Å². The summed E-state index contributed by atoms with van der Waals surface area (Å²) in [6, 6.07) is 0. The van der Waals surface area contributed by atoms with Crippen LogP contribution < -0.4 is 5.32 Å². The first-order valence-electron chi connectivity index (χ1n) is 8.47. The first-order chi connectivity index (χ1) is 8.99. The summed E-state index contributed by atoms with van der Waals surface area (Å²) in [6.07, 6.45) is 11.5. The summed E-state index contributed by atoms with van der Waals surface area (Å²) < 4.78 is 0. The first kappa shape index (κ1) is 15.3. The van der Waals surface area contributed by atoms with Crippen LogP contribution in [-0.2, 0) is 0 Å². The Balaban J connectivity index is 1.97. The summed E-state index contributed by atoms with van der Waals surface area (Å²) in [7, 11) is 0. The van der Waals surface area contributed by atoms with E-state index < -0.39 is 0 Å². The lowest BCUT2D eigenvalue weighted by Gasteiger charge is -2.39. The molecule has 0 bridgehead atoms. The van der Waals surface area contributed by atoms with E-state index in [2.05, 4.69) is 31.0 Å². The lowest BCUT2D eigenvalue weighted by Crippen LogP contribution is -2.48. The van der Waals surface area contributed by atoms with E-state index in [4.69, 9.17) is 0 Å². The number of rotatable bonds is 4. The molecule has 2 fully saturated rings. The van der Waals surface area contributed by atoms with E-state index in [-0.39, 0.29) is 5.54 Å². The van der Waals surface area contributed by atoms with Gasteiger partial charge in [0.15, 0.2) is 0 Å². The highest BCUT2D eigenvalue weighted by molar-refractivity contribution is 4.90. The molecule has 1 aliphatic heterocycles. The van der Waals surface area contributed by atoms with Crippen LogP contribution in [0.1, 0.15) is 72.1 Å². The van der Waals surface area contributed by atoms with Gasteiger partial charge in [-0.15, -0.1) is 0 Å². The minimum atomic E-state index is 0.254. The summed E-state index contributed by atoms with van der Waals surface area (Å²) in [5, 5.41) is 3.81. The normalized spacial score (nSPS) is 25.4. The fourth-order valence-electron chi connectivity index (χ4n) is 3.74. The summed E-state index contributed by atoms with van der Waals surface area (Å²) in [4.78, 5) is 2.73. The van der Waals surface area contributed by atoms with Gasteiger partial charge in [0.2, 0.25) is 0 Å². The van der Waals surface area contributed by atoms with E-state index in [0.717, 1.165) is 0 Å². The second-order valence-electron chi connectivity index (χ2n) is 8.00. The number of hydrogen-bond acceptors (Lipinski definition) is 2. The summed E-state index contributed by atoms with van der Waals surface area (Å²) in [6.45, 7) is 12.1. The summed E-state index contributed by atoms with van der Waals surface area (Å²) in [5.41, 5.74) is 0.804. The average molecular weight is 266 g/mol. The maximum absolute atomic E-state index is 3.81. The van der Waals surface area contributed by atoms with Crippen LogP contribution in [0.2, 0.25) is 0 Å². The third-order valence-electron chi connectivity index (χ3n) is 4.92. The van der Waals surface area contributed by atoms with Gasteiger partial charge < -0.3 is 10.2 Å². The molecule has 2 heteroatoms. The molecule has 0 spiro atoms. The number of nitrogens with one attached hydrogen (secondary N) is 1. The molecule has 1 saturated heterocycles. The van der Waals surface area contributed by atoms with Crippen molar-refractivity contribution in [1.82, 2.24) is 10.2 Å². The second kappa shape index (κ2) is 6.58. The number of likely N-dealkylation sites (tertiary alicyclic amines) is 1. The zero-order chi connectivity index (χ0) is 13.8. The van der Waals surface area contributed by atoms with E-state index in [1.54, 1.807) is 0 Å². The van der Waals surface area contributed by atoms with Gasteiger partial charge in [0.1, 0.15) is 0 Å². The molecule has 1 aliphatic carbocycles. The largest absolute Gasteiger partial charge is 0.311 e. The van der Waals surface area contributed by atoms with Crippen LogP contribution in [0.25, 0.3) is 0 Å². The molecule has 1 heterocycles. The van der Waals surface area contributed by atoms with Crippen molar-refractivity contribution in [2.24, 2.45) is 5.41 Å². The Bertz CT molecular complexity index is 253. The molecule has 0 radical (unpaired) electrons. The predicted molar refractivity (Wildman–Crippen MR) is 83.6 cm³/mol. The maximum Gasteiger partial charge on any atom is 0.00967 e. The molecule has 112 valence electrons. The van der Waals surface area contributed by atoms with E-state index in [0.29, 0.717) is 5.41 Å². The second-order valence-corrected chi connectivity index (χ2v) is 8.00. The molecule has 0 amide bonds. The highest BCUT2D eigenvalue weighted by Crippen LogP contribution is 2.36. The van der Waals surface area contributed by atoms with Crippen molar-refractivity contribution in [3.8, 4) is 0 Å². The lowest BCUT2D eigenvalue weighted by atomic mass is 9.79. The Morgan fingerprint density at radius 2 is 1.47 bits per heavy atom. The molecule has 1 saturated carbocycles. The van der Waals surface area contributed by atoms with Gasteiger partial charge in [-0.1, -0.05) is 25.7 Å². The Kier molecular flexibility index (Phi) is 5.30. The number of hydrogen-bond donors (Lipinski definition) is 1.